The predicted octanol–water partition coefficient (Wildman–Crippen LogP) is 8.22. The van der Waals surface area contributed by atoms with Crippen LogP contribution in [0.15, 0.2) is 127 Å². The Morgan fingerprint density at radius 3 is 1.73 bits per heavy atom. The van der Waals surface area contributed by atoms with Crippen LogP contribution in [0, 0.1) is 0 Å². The average molecular weight is 425 g/mol. The van der Waals surface area contributed by atoms with Gasteiger partial charge in [0.2, 0.25) is 0 Å². The molecular weight excluding hydrogens is 400 g/mol. The van der Waals surface area contributed by atoms with E-state index in [4.69, 9.17) is 0 Å². The van der Waals surface area contributed by atoms with Gasteiger partial charge < -0.3 is 9.47 Å². The molecule has 0 bridgehead atoms. The second kappa shape index (κ2) is 7.99. The first-order valence-corrected chi connectivity index (χ1v) is 11.3. The zero-order valence-corrected chi connectivity index (χ0v) is 18.5. The molecule has 6 rings (SSSR count). The summed E-state index contributed by atoms with van der Waals surface area (Å²) >= 11 is 0. The van der Waals surface area contributed by atoms with E-state index in [1.165, 1.54) is 44.3 Å². The number of fused-ring (bicyclic) bond motifs is 3. The van der Waals surface area contributed by atoms with Crippen LogP contribution in [0.5, 0.6) is 0 Å². The lowest BCUT2D eigenvalue weighted by Gasteiger charge is -2.21. The van der Waals surface area contributed by atoms with Crippen LogP contribution in [0.4, 0.5) is 11.4 Å². The van der Waals surface area contributed by atoms with Crippen LogP contribution >= 0.6 is 0 Å². The van der Waals surface area contributed by atoms with Crippen LogP contribution in [-0.2, 0) is 0 Å². The van der Waals surface area contributed by atoms with Gasteiger partial charge >= 0.3 is 0 Å². The van der Waals surface area contributed by atoms with E-state index >= 15 is 0 Å². The number of anilines is 2. The van der Waals surface area contributed by atoms with E-state index < -0.39 is 0 Å². The van der Waals surface area contributed by atoms with Crippen molar-refractivity contribution in [3.05, 3.63) is 127 Å². The Morgan fingerprint density at radius 1 is 0.485 bits per heavy atom. The molecule has 0 fully saturated rings. The Labute approximate surface area is 194 Å². The Bertz CT molecular complexity index is 1510. The molecule has 0 saturated carbocycles. The summed E-state index contributed by atoms with van der Waals surface area (Å²) in [6, 6.07) is 45.3. The molecule has 0 aliphatic carbocycles. The lowest BCUT2D eigenvalue weighted by atomic mass is 10.0. The molecule has 1 aromatic heterocycles. The Kier molecular flexibility index (Phi) is 4.70. The zero-order chi connectivity index (χ0) is 22.2. The number of rotatable bonds is 4. The van der Waals surface area contributed by atoms with Gasteiger partial charge in [-0.3, -0.25) is 0 Å². The molecule has 6 aromatic rings. The Morgan fingerprint density at radius 2 is 1.06 bits per heavy atom. The molecule has 2 heteroatoms. The number of hydrogen-bond donors (Lipinski definition) is 0. The summed E-state index contributed by atoms with van der Waals surface area (Å²) in [5.74, 6) is 0. The molecule has 158 valence electrons. The molecule has 0 radical (unpaired) electrons. The van der Waals surface area contributed by atoms with Gasteiger partial charge in [0.15, 0.2) is 0 Å². The summed E-state index contributed by atoms with van der Waals surface area (Å²) in [5.41, 5.74) is 8.41. The van der Waals surface area contributed by atoms with Crippen molar-refractivity contribution in [3.63, 3.8) is 0 Å². The molecule has 0 spiro atoms. The molecule has 0 aliphatic heterocycles. The van der Waals surface area contributed by atoms with Gasteiger partial charge in [-0.05, 0) is 59.7 Å². The first-order valence-electron chi connectivity index (χ1n) is 11.3. The van der Waals surface area contributed by atoms with E-state index in [-0.39, 0.29) is 0 Å². The van der Waals surface area contributed by atoms with Crippen molar-refractivity contribution in [1.29, 1.82) is 0 Å². The summed E-state index contributed by atoms with van der Waals surface area (Å²) in [4.78, 5) is 2.24. The number of hydrogen-bond acceptors (Lipinski definition) is 1. The molecule has 0 amide bonds. The molecule has 2 nitrogen and oxygen atoms in total. The predicted molar refractivity (Wildman–Crippen MR) is 141 cm³/mol. The molecule has 0 atom stereocenters. The number of para-hydroxylation sites is 2. The van der Waals surface area contributed by atoms with Crippen molar-refractivity contribution < 1.29 is 0 Å². The van der Waals surface area contributed by atoms with Crippen LogP contribution in [0.25, 0.3) is 38.6 Å². The maximum atomic E-state index is 2.35. The highest BCUT2D eigenvalue weighted by molar-refractivity contribution is 6.09. The minimum atomic E-state index is 1.16. The highest BCUT2D eigenvalue weighted by Crippen LogP contribution is 2.33. The van der Waals surface area contributed by atoms with Gasteiger partial charge in [0.05, 0.1) is 11.0 Å². The van der Waals surface area contributed by atoms with E-state index in [0.29, 0.717) is 0 Å². The Hall–Kier alpha value is -4.30. The third kappa shape index (κ3) is 3.37. The SMILES string of the molecule is CN(c1ccc(-n2c3ccccc3c3ccccc32)cc1)c1cccc(-c2ccccc2)c1. The molecule has 0 saturated heterocycles. The maximum Gasteiger partial charge on any atom is 0.0541 e. The zero-order valence-electron chi connectivity index (χ0n) is 18.5. The minimum Gasteiger partial charge on any atom is -0.345 e. The van der Waals surface area contributed by atoms with Gasteiger partial charge in [0, 0.05) is 34.9 Å². The van der Waals surface area contributed by atoms with Crippen molar-refractivity contribution in [1.82, 2.24) is 4.57 Å². The number of nitrogens with zero attached hydrogens (tertiary/aromatic N) is 2. The molecule has 5 aromatic carbocycles. The monoisotopic (exact) mass is 424 g/mol. The molecule has 0 unspecified atom stereocenters. The second-order valence-corrected chi connectivity index (χ2v) is 8.36. The standard InChI is InChI=1S/C31H24N2/c1-32(27-13-9-12-24(22-27)23-10-3-2-4-11-23)25-18-20-26(21-19-25)33-30-16-7-5-14-28(30)29-15-6-8-17-31(29)33/h2-22H,1H3. The van der Waals surface area contributed by atoms with Crippen LogP contribution in [-0.4, -0.2) is 11.6 Å². The van der Waals surface area contributed by atoms with Crippen molar-refractivity contribution in [2.45, 2.75) is 0 Å². The van der Waals surface area contributed by atoms with E-state index in [1.807, 2.05) is 0 Å². The highest BCUT2D eigenvalue weighted by atomic mass is 15.1. The van der Waals surface area contributed by atoms with Crippen LogP contribution < -0.4 is 4.90 Å². The third-order valence-corrected chi connectivity index (χ3v) is 6.42. The lowest BCUT2D eigenvalue weighted by Crippen LogP contribution is -2.09. The minimum absolute atomic E-state index is 1.16. The van der Waals surface area contributed by atoms with Crippen LogP contribution in [0.1, 0.15) is 0 Å². The van der Waals surface area contributed by atoms with Gasteiger partial charge in [-0.15, -0.1) is 0 Å². The molecule has 0 aliphatic rings. The smallest absolute Gasteiger partial charge is 0.0541 e. The molecule has 0 N–H and O–H groups in total. The first kappa shape index (κ1) is 19.4. The number of aromatic nitrogens is 1. The first-order chi connectivity index (χ1) is 16.3. The fourth-order valence-corrected chi connectivity index (χ4v) is 4.70. The summed E-state index contributed by atoms with van der Waals surface area (Å²) in [7, 11) is 2.12. The van der Waals surface area contributed by atoms with Crippen molar-refractivity contribution in [2.75, 3.05) is 11.9 Å². The van der Waals surface area contributed by atoms with E-state index in [1.54, 1.807) is 0 Å². The van der Waals surface area contributed by atoms with E-state index in [9.17, 15) is 0 Å². The summed E-state index contributed by atoms with van der Waals surface area (Å²) in [6.45, 7) is 0. The van der Waals surface area contributed by atoms with Crippen LogP contribution in [0.3, 0.4) is 0 Å². The summed E-state index contributed by atoms with van der Waals surface area (Å²) in [6.07, 6.45) is 0. The summed E-state index contributed by atoms with van der Waals surface area (Å²) in [5, 5.41) is 2.57. The average Bonchev–Trinajstić information content (AvgIpc) is 3.23. The highest BCUT2D eigenvalue weighted by Gasteiger charge is 2.12. The third-order valence-electron chi connectivity index (χ3n) is 6.42. The molecular formula is C31H24N2. The van der Waals surface area contributed by atoms with E-state index in [0.717, 1.165) is 5.69 Å². The molecule has 33 heavy (non-hydrogen) atoms. The normalized spacial score (nSPS) is 11.2. The van der Waals surface area contributed by atoms with E-state index in [2.05, 4.69) is 144 Å². The van der Waals surface area contributed by atoms with Gasteiger partial charge in [-0.1, -0.05) is 78.9 Å². The molecule has 1 heterocycles. The van der Waals surface area contributed by atoms with Gasteiger partial charge in [-0.2, -0.15) is 0 Å². The Balaban J connectivity index is 1.38. The topological polar surface area (TPSA) is 8.17 Å². The fourth-order valence-electron chi connectivity index (χ4n) is 4.70. The number of benzene rings is 5. The van der Waals surface area contributed by atoms with Gasteiger partial charge in [0.25, 0.3) is 0 Å². The summed E-state index contributed by atoms with van der Waals surface area (Å²) < 4.78 is 2.35. The quantitative estimate of drug-likeness (QED) is 0.277. The van der Waals surface area contributed by atoms with Crippen LogP contribution in [0.2, 0.25) is 0 Å². The fraction of sp³-hybridized carbons (Fsp3) is 0.0323. The largest absolute Gasteiger partial charge is 0.345 e. The van der Waals surface area contributed by atoms with Crippen molar-refractivity contribution in [3.8, 4) is 16.8 Å². The van der Waals surface area contributed by atoms with Gasteiger partial charge in [0.1, 0.15) is 0 Å². The van der Waals surface area contributed by atoms with Crippen molar-refractivity contribution in [2.24, 2.45) is 0 Å². The van der Waals surface area contributed by atoms with Crippen molar-refractivity contribution >= 4 is 33.2 Å². The van der Waals surface area contributed by atoms with Gasteiger partial charge in [-0.25, -0.2) is 0 Å². The maximum absolute atomic E-state index is 2.35. The lowest BCUT2D eigenvalue weighted by molar-refractivity contribution is 1.16. The second-order valence-electron chi connectivity index (χ2n) is 8.36.